The van der Waals surface area contributed by atoms with Crippen LogP contribution < -0.4 is 5.32 Å². The van der Waals surface area contributed by atoms with Crippen molar-refractivity contribution in [2.75, 3.05) is 13.1 Å². The predicted octanol–water partition coefficient (Wildman–Crippen LogP) is 2.69. The van der Waals surface area contributed by atoms with E-state index in [9.17, 15) is 4.39 Å². The van der Waals surface area contributed by atoms with Gasteiger partial charge in [0.05, 0.1) is 6.20 Å². The highest BCUT2D eigenvalue weighted by Crippen LogP contribution is 2.20. The second kappa shape index (κ2) is 5.53. The average Bonchev–Trinajstić information content (AvgIpc) is 2.88. The second-order valence-electron chi connectivity index (χ2n) is 5.17. The number of rotatable bonds is 3. The van der Waals surface area contributed by atoms with Crippen LogP contribution in [-0.2, 0) is 6.54 Å². The summed E-state index contributed by atoms with van der Waals surface area (Å²) in [7, 11) is 0. The van der Waals surface area contributed by atoms with E-state index in [1.807, 2.05) is 23.1 Å². The van der Waals surface area contributed by atoms with Crippen LogP contribution in [0.15, 0.2) is 36.7 Å². The molecule has 1 atom stereocenters. The van der Waals surface area contributed by atoms with Gasteiger partial charge in [-0.1, -0.05) is 12.1 Å². The van der Waals surface area contributed by atoms with Crippen LogP contribution in [0.2, 0.25) is 0 Å². The number of aromatic nitrogens is 2. The molecule has 0 spiro atoms. The number of nitrogens with one attached hydrogen (secondary N) is 1. The van der Waals surface area contributed by atoms with Crippen molar-refractivity contribution >= 4 is 0 Å². The Bertz CT molecular complexity index is 544. The predicted molar refractivity (Wildman–Crippen MR) is 73.2 cm³/mol. The topological polar surface area (TPSA) is 29.9 Å². The zero-order chi connectivity index (χ0) is 13.1. The summed E-state index contributed by atoms with van der Waals surface area (Å²) in [5.74, 6) is 0.440. The van der Waals surface area contributed by atoms with Gasteiger partial charge < -0.3 is 5.32 Å². The van der Waals surface area contributed by atoms with Crippen molar-refractivity contribution in [2.24, 2.45) is 5.92 Å². The molecule has 1 aliphatic heterocycles. The van der Waals surface area contributed by atoms with Crippen molar-refractivity contribution < 1.29 is 4.39 Å². The van der Waals surface area contributed by atoms with Crippen molar-refractivity contribution in [3.05, 3.63) is 42.5 Å². The highest BCUT2D eigenvalue weighted by Gasteiger charge is 2.14. The van der Waals surface area contributed by atoms with Gasteiger partial charge in [0.15, 0.2) is 0 Å². The van der Waals surface area contributed by atoms with Gasteiger partial charge in [-0.15, -0.1) is 0 Å². The zero-order valence-corrected chi connectivity index (χ0v) is 10.8. The zero-order valence-electron chi connectivity index (χ0n) is 10.8. The van der Waals surface area contributed by atoms with E-state index in [0.29, 0.717) is 5.92 Å². The number of halogens is 1. The van der Waals surface area contributed by atoms with Crippen LogP contribution >= 0.6 is 0 Å². The first-order chi connectivity index (χ1) is 9.31. The third-order valence-electron chi connectivity index (χ3n) is 3.64. The summed E-state index contributed by atoms with van der Waals surface area (Å²) >= 11 is 0. The molecule has 0 aliphatic carbocycles. The fourth-order valence-corrected chi connectivity index (χ4v) is 2.62. The monoisotopic (exact) mass is 259 g/mol. The van der Waals surface area contributed by atoms with Gasteiger partial charge in [0.25, 0.3) is 0 Å². The van der Waals surface area contributed by atoms with Crippen molar-refractivity contribution in [3.63, 3.8) is 0 Å². The number of hydrogen-bond donors (Lipinski definition) is 1. The number of nitrogens with zero attached hydrogens (tertiary/aromatic N) is 2. The molecule has 3 rings (SSSR count). The molecule has 1 N–H and O–H groups in total. The van der Waals surface area contributed by atoms with Crippen LogP contribution in [0.1, 0.15) is 12.8 Å². The molecule has 1 saturated heterocycles. The molecule has 19 heavy (non-hydrogen) atoms. The lowest BCUT2D eigenvalue weighted by atomic mass is 10.00. The quantitative estimate of drug-likeness (QED) is 0.918. The average molecular weight is 259 g/mol. The maximum Gasteiger partial charge on any atom is 0.123 e. The molecule has 1 aromatic carbocycles. The summed E-state index contributed by atoms with van der Waals surface area (Å²) in [5, 5.41) is 7.79. The third-order valence-corrected chi connectivity index (χ3v) is 3.64. The number of hydrogen-bond acceptors (Lipinski definition) is 2. The minimum absolute atomic E-state index is 0.207. The lowest BCUT2D eigenvalue weighted by molar-refractivity contribution is 0.325. The van der Waals surface area contributed by atoms with Crippen molar-refractivity contribution in [3.8, 4) is 11.1 Å². The van der Waals surface area contributed by atoms with E-state index in [4.69, 9.17) is 0 Å². The van der Waals surface area contributed by atoms with Gasteiger partial charge in [-0.05, 0) is 49.5 Å². The molecule has 0 amide bonds. The Morgan fingerprint density at radius 2 is 2.32 bits per heavy atom. The molecule has 1 aliphatic rings. The van der Waals surface area contributed by atoms with Gasteiger partial charge >= 0.3 is 0 Å². The molecule has 3 nitrogen and oxygen atoms in total. The minimum atomic E-state index is -0.207. The van der Waals surface area contributed by atoms with E-state index in [2.05, 4.69) is 10.4 Å². The third kappa shape index (κ3) is 3.01. The van der Waals surface area contributed by atoms with Crippen LogP contribution in [0.4, 0.5) is 4.39 Å². The van der Waals surface area contributed by atoms with Crippen LogP contribution in [0.5, 0.6) is 0 Å². The minimum Gasteiger partial charge on any atom is -0.316 e. The van der Waals surface area contributed by atoms with Gasteiger partial charge in [0.1, 0.15) is 5.82 Å². The second-order valence-corrected chi connectivity index (χ2v) is 5.17. The lowest BCUT2D eigenvalue weighted by Gasteiger charge is -2.22. The molecule has 2 heterocycles. The standard InChI is InChI=1S/C15H18FN3/c16-15-5-1-4-13(7-15)14-9-18-19(11-14)10-12-3-2-6-17-8-12/h1,4-5,7,9,11-12,17H,2-3,6,8,10H2. The van der Waals surface area contributed by atoms with E-state index in [0.717, 1.165) is 30.8 Å². The number of benzene rings is 1. The van der Waals surface area contributed by atoms with Gasteiger partial charge in [0.2, 0.25) is 0 Å². The van der Waals surface area contributed by atoms with Gasteiger partial charge in [-0.3, -0.25) is 4.68 Å². The fourth-order valence-electron chi connectivity index (χ4n) is 2.62. The van der Waals surface area contributed by atoms with Gasteiger partial charge in [0, 0.05) is 18.3 Å². The van der Waals surface area contributed by atoms with Crippen molar-refractivity contribution in [1.29, 1.82) is 0 Å². The molecular weight excluding hydrogens is 241 g/mol. The van der Waals surface area contributed by atoms with E-state index in [1.54, 1.807) is 12.1 Å². The van der Waals surface area contributed by atoms with Gasteiger partial charge in [-0.25, -0.2) is 4.39 Å². The maximum atomic E-state index is 13.2. The molecular formula is C15H18FN3. The first-order valence-electron chi connectivity index (χ1n) is 6.80. The Kier molecular flexibility index (Phi) is 3.60. The van der Waals surface area contributed by atoms with Crippen LogP contribution in [0, 0.1) is 11.7 Å². The summed E-state index contributed by atoms with van der Waals surface area (Å²) in [6, 6.07) is 6.64. The first kappa shape index (κ1) is 12.4. The molecule has 1 fully saturated rings. The Morgan fingerprint density at radius 3 is 3.11 bits per heavy atom. The summed E-state index contributed by atoms with van der Waals surface area (Å²) < 4.78 is 15.2. The van der Waals surface area contributed by atoms with E-state index in [-0.39, 0.29) is 5.82 Å². The molecule has 1 unspecified atom stereocenters. The van der Waals surface area contributed by atoms with E-state index in [1.165, 1.54) is 18.9 Å². The van der Waals surface area contributed by atoms with Crippen LogP contribution in [-0.4, -0.2) is 22.9 Å². The fraction of sp³-hybridized carbons (Fsp3) is 0.400. The highest BCUT2D eigenvalue weighted by atomic mass is 19.1. The molecule has 100 valence electrons. The molecule has 2 aromatic rings. The molecule has 0 radical (unpaired) electrons. The molecule has 4 heteroatoms. The van der Waals surface area contributed by atoms with Crippen molar-refractivity contribution in [1.82, 2.24) is 15.1 Å². The largest absolute Gasteiger partial charge is 0.316 e. The first-order valence-corrected chi connectivity index (χ1v) is 6.80. The molecule has 0 bridgehead atoms. The number of piperidine rings is 1. The van der Waals surface area contributed by atoms with Crippen molar-refractivity contribution in [2.45, 2.75) is 19.4 Å². The van der Waals surface area contributed by atoms with Crippen LogP contribution in [0.25, 0.3) is 11.1 Å². The lowest BCUT2D eigenvalue weighted by Crippen LogP contribution is -2.32. The molecule has 1 aromatic heterocycles. The summed E-state index contributed by atoms with van der Waals surface area (Å²) in [6.07, 6.45) is 6.30. The van der Waals surface area contributed by atoms with Crippen LogP contribution in [0.3, 0.4) is 0 Å². The Hall–Kier alpha value is -1.68. The van der Waals surface area contributed by atoms with E-state index < -0.39 is 0 Å². The van der Waals surface area contributed by atoms with Gasteiger partial charge in [-0.2, -0.15) is 5.10 Å². The SMILES string of the molecule is Fc1cccc(-c2cnn(CC3CCCNC3)c2)c1. The summed E-state index contributed by atoms with van der Waals surface area (Å²) in [4.78, 5) is 0. The summed E-state index contributed by atoms with van der Waals surface area (Å²) in [5.41, 5.74) is 1.86. The maximum absolute atomic E-state index is 13.2. The Balaban J connectivity index is 1.72. The Morgan fingerprint density at radius 1 is 1.37 bits per heavy atom. The highest BCUT2D eigenvalue weighted by molar-refractivity contribution is 5.61. The molecule has 0 saturated carbocycles. The normalized spacial score (nSPS) is 19.5. The van der Waals surface area contributed by atoms with E-state index >= 15 is 0 Å². The summed E-state index contributed by atoms with van der Waals surface area (Å²) in [6.45, 7) is 3.13. The Labute approximate surface area is 112 Å². The smallest absolute Gasteiger partial charge is 0.123 e.